The number of non-ortho nitro benzene ring substituents is 1. The van der Waals surface area contributed by atoms with Gasteiger partial charge in [0, 0.05) is 18.3 Å². The Hall–Kier alpha value is -2.21. The molecule has 1 heterocycles. The molecule has 6 nitrogen and oxygen atoms in total. The molecule has 0 saturated heterocycles. The van der Waals surface area contributed by atoms with Gasteiger partial charge >= 0.3 is 0 Å². The van der Waals surface area contributed by atoms with E-state index in [0.29, 0.717) is 23.1 Å². The molecule has 0 aliphatic heterocycles. The van der Waals surface area contributed by atoms with Crippen LogP contribution in [-0.4, -0.2) is 14.9 Å². The third kappa shape index (κ3) is 3.38. The van der Waals surface area contributed by atoms with Crippen LogP contribution in [0.3, 0.4) is 0 Å². The fourth-order valence-corrected chi connectivity index (χ4v) is 1.74. The average molecular weight is 279 g/mol. The highest BCUT2D eigenvalue weighted by atomic mass is 35.5. The first-order chi connectivity index (χ1) is 9.06. The number of rotatable bonds is 4. The third-order valence-electron chi connectivity index (χ3n) is 2.45. The molecule has 0 spiro atoms. The number of nitro groups is 1. The number of anilines is 1. The predicted molar refractivity (Wildman–Crippen MR) is 72.2 cm³/mol. The van der Waals surface area contributed by atoms with Crippen LogP contribution in [0.5, 0.6) is 0 Å². The molecule has 0 unspecified atom stereocenters. The van der Waals surface area contributed by atoms with Gasteiger partial charge in [-0.1, -0.05) is 11.6 Å². The largest absolute Gasteiger partial charge is 0.378 e. The summed E-state index contributed by atoms with van der Waals surface area (Å²) in [6.07, 6.45) is 1.66. The van der Waals surface area contributed by atoms with Crippen molar-refractivity contribution in [2.75, 3.05) is 5.32 Å². The van der Waals surface area contributed by atoms with E-state index in [2.05, 4.69) is 15.3 Å². The minimum Gasteiger partial charge on any atom is -0.378 e. The van der Waals surface area contributed by atoms with Gasteiger partial charge in [-0.3, -0.25) is 10.1 Å². The van der Waals surface area contributed by atoms with Gasteiger partial charge in [-0.15, -0.1) is 0 Å². The van der Waals surface area contributed by atoms with E-state index in [1.807, 2.05) is 0 Å². The average Bonchev–Trinajstić information content (AvgIpc) is 2.37. The SMILES string of the molecule is Cc1nccc(CNc2cc([N+](=O)[O-])ccc2Cl)n1. The number of nitrogens with one attached hydrogen (secondary N) is 1. The van der Waals surface area contributed by atoms with Crippen LogP contribution in [-0.2, 0) is 6.54 Å². The number of hydrogen-bond acceptors (Lipinski definition) is 5. The van der Waals surface area contributed by atoms with Crippen LogP contribution >= 0.6 is 11.6 Å². The summed E-state index contributed by atoms with van der Waals surface area (Å²) in [4.78, 5) is 18.5. The first-order valence-corrected chi connectivity index (χ1v) is 5.90. The highest BCUT2D eigenvalue weighted by Crippen LogP contribution is 2.26. The molecule has 0 radical (unpaired) electrons. The van der Waals surface area contributed by atoms with E-state index in [0.717, 1.165) is 5.69 Å². The highest BCUT2D eigenvalue weighted by Gasteiger charge is 2.09. The molecule has 0 amide bonds. The second-order valence-corrected chi connectivity index (χ2v) is 4.28. The summed E-state index contributed by atoms with van der Waals surface area (Å²) in [6, 6.07) is 6.03. The Bertz CT molecular complexity index is 618. The maximum absolute atomic E-state index is 10.7. The van der Waals surface area contributed by atoms with E-state index >= 15 is 0 Å². The van der Waals surface area contributed by atoms with Crippen molar-refractivity contribution in [3.63, 3.8) is 0 Å². The Labute approximate surface area is 114 Å². The molecular formula is C12H11ClN4O2. The van der Waals surface area contributed by atoms with Crippen molar-refractivity contribution in [1.29, 1.82) is 0 Å². The van der Waals surface area contributed by atoms with Gasteiger partial charge in [-0.05, 0) is 19.1 Å². The zero-order valence-electron chi connectivity index (χ0n) is 10.1. The lowest BCUT2D eigenvalue weighted by Crippen LogP contribution is -2.04. The third-order valence-corrected chi connectivity index (χ3v) is 2.78. The summed E-state index contributed by atoms with van der Waals surface area (Å²) in [7, 11) is 0. The smallest absolute Gasteiger partial charge is 0.271 e. The minimum absolute atomic E-state index is 0.00855. The van der Waals surface area contributed by atoms with Crippen molar-refractivity contribution in [2.45, 2.75) is 13.5 Å². The summed E-state index contributed by atoms with van der Waals surface area (Å²) >= 11 is 5.98. The van der Waals surface area contributed by atoms with Gasteiger partial charge < -0.3 is 5.32 Å². The van der Waals surface area contributed by atoms with Crippen LogP contribution in [0.1, 0.15) is 11.5 Å². The van der Waals surface area contributed by atoms with E-state index in [1.165, 1.54) is 18.2 Å². The normalized spacial score (nSPS) is 10.2. The first-order valence-electron chi connectivity index (χ1n) is 5.52. The molecule has 1 aromatic carbocycles. The first kappa shape index (κ1) is 13.2. The summed E-state index contributed by atoms with van der Waals surface area (Å²) in [5.41, 5.74) is 1.29. The lowest BCUT2D eigenvalue weighted by Gasteiger charge is -2.08. The zero-order valence-corrected chi connectivity index (χ0v) is 10.9. The molecule has 0 atom stereocenters. The van der Waals surface area contributed by atoms with Crippen molar-refractivity contribution >= 4 is 23.0 Å². The van der Waals surface area contributed by atoms with Gasteiger partial charge in [0.1, 0.15) is 5.82 Å². The van der Waals surface area contributed by atoms with Crippen LogP contribution in [0, 0.1) is 17.0 Å². The van der Waals surface area contributed by atoms with E-state index in [-0.39, 0.29) is 5.69 Å². The number of benzene rings is 1. The Morgan fingerprint density at radius 2 is 2.21 bits per heavy atom. The Balaban J connectivity index is 2.15. The molecule has 19 heavy (non-hydrogen) atoms. The van der Waals surface area contributed by atoms with Gasteiger partial charge in [0.25, 0.3) is 5.69 Å². The molecule has 1 aromatic heterocycles. The maximum Gasteiger partial charge on any atom is 0.271 e. The second kappa shape index (κ2) is 5.62. The van der Waals surface area contributed by atoms with Crippen LogP contribution in [0.15, 0.2) is 30.5 Å². The van der Waals surface area contributed by atoms with E-state index < -0.39 is 4.92 Å². The fraction of sp³-hybridized carbons (Fsp3) is 0.167. The fourth-order valence-electron chi connectivity index (χ4n) is 1.55. The number of aryl methyl sites for hydroxylation is 1. The van der Waals surface area contributed by atoms with E-state index in [9.17, 15) is 10.1 Å². The molecule has 98 valence electrons. The molecule has 0 aliphatic rings. The second-order valence-electron chi connectivity index (χ2n) is 3.87. The van der Waals surface area contributed by atoms with Crippen molar-refractivity contribution in [1.82, 2.24) is 9.97 Å². The van der Waals surface area contributed by atoms with Crippen molar-refractivity contribution in [2.24, 2.45) is 0 Å². The highest BCUT2D eigenvalue weighted by molar-refractivity contribution is 6.33. The van der Waals surface area contributed by atoms with Crippen molar-refractivity contribution in [3.05, 3.63) is 57.1 Å². The number of nitro benzene ring substituents is 1. The number of aromatic nitrogens is 2. The van der Waals surface area contributed by atoms with Crippen LogP contribution in [0.2, 0.25) is 5.02 Å². The van der Waals surface area contributed by atoms with Crippen LogP contribution < -0.4 is 5.32 Å². The van der Waals surface area contributed by atoms with Gasteiger partial charge in [-0.2, -0.15) is 0 Å². The van der Waals surface area contributed by atoms with Gasteiger partial charge in [-0.25, -0.2) is 9.97 Å². The molecule has 0 bridgehead atoms. The molecular weight excluding hydrogens is 268 g/mol. The Morgan fingerprint density at radius 3 is 2.89 bits per heavy atom. The van der Waals surface area contributed by atoms with E-state index in [4.69, 9.17) is 11.6 Å². The Kier molecular flexibility index (Phi) is 3.91. The predicted octanol–water partition coefficient (Wildman–Crippen LogP) is 2.96. The van der Waals surface area contributed by atoms with Gasteiger partial charge in [0.15, 0.2) is 0 Å². The number of hydrogen-bond donors (Lipinski definition) is 1. The monoisotopic (exact) mass is 278 g/mol. The topological polar surface area (TPSA) is 81.0 Å². The standard InChI is InChI=1S/C12H11ClN4O2/c1-8-14-5-4-9(16-8)7-15-12-6-10(17(18)19)2-3-11(12)13/h2-6,15H,7H2,1H3. The molecule has 7 heteroatoms. The van der Waals surface area contributed by atoms with E-state index in [1.54, 1.807) is 19.2 Å². The number of halogens is 1. The summed E-state index contributed by atoms with van der Waals surface area (Å²) in [5, 5.41) is 14.1. The van der Waals surface area contributed by atoms with Gasteiger partial charge in [0.05, 0.1) is 27.9 Å². The zero-order chi connectivity index (χ0) is 13.8. The molecule has 0 saturated carbocycles. The van der Waals surface area contributed by atoms with Crippen LogP contribution in [0.25, 0.3) is 0 Å². The van der Waals surface area contributed by atoms with Crippen LogP contribution in [0.4, 0.5) is 11.4 Å². The summed E-state index contributed by atoms with van der Waals surface area (Å²) < 4.78 is 0. The molecule has 1 N–H and O–H groups in total. The molecule has 2 rings (SSSR count). The molecule has 0 fully saturated rings. The lowest BCUT2D eigenvalue weighted by atomic mass is 10.2. The molecule has 0 aliphatic carbocycles. The summed E-state index contributed by atoms with van der Waals surface area (Å²) in [6.45, 7) is 2.22. The van der Waals surface area contributed by atoms with Gasteiger partial charge in [0.2, 0.25) is 0 Å². The summed E-state index contributed by atoms with van der Waals surface area (Å²) in [5.74, 6) is 0.671. The number of nitrogens with zero attached hydrogens (tertiary/aromatic N) is 3. The lowest BCUT2D eigenvalue weighted by molar-refractivity contribution is -0.384. The maximum atomic E-state index is 10.7. The van der Waals surface area contributed by atoms with Crippen molar-refractivity contribution < 1.29 is 4.92 Å². The Morgan fingerprint density at radius 1 is 1.42 bits per heavy atom. The minimum atomic E-state index is -0.462. The van der Waals surface area contributed by atoms with Crippen molar-refractivity contribution in [3.8, 4) is 0 Å². The quantitative estimate of drug-likeness (QED) is 0.687. The molecule has 2 aromatic rings.